The third-order valence-electron chi connectivity index (χ3n) is 5.23. The van der Waals surface area contributed by atoms with Crippen LogP contribution in [0.4, 0.5) is 24.5 Å². The first-order valence-electron chi connectivity index (χ1n) is 10.8. The van der Waals surface area contributed by atoms with E-state index in [4.69, 9.17) is 4.84 Å². The van der Waals surface area contributed by atoms with E-state index >= 15 is 0 Å². The zero-order valence-electron chi connectivity index (χ0n) is 18.7. The van der Waals surface area contributed by atoms with Gasteiger partial charge in [-0.1, -0.05) is 0 Å². The third-order valence-corrected chi connectivity index (χ3v) is 5.23. The van der Waals surface area contributed by atoms with Gasteiger partial charge in [-0.2, -0.15) is 8.78 Å². The normalized spacial score (nSPS) is 15.0. The molecule has 0 radical (unpaired) electrons. The highest BCUT2D eigenvalue weighted by Crippen LogP contribution is 2.25. The minimum absolute atomic E-state index is 0.0192. The van der Waals surface area contributed by atoms with E-state index in [1.165, 1.54) is 17.2 Å². The van der Waals surface area contributed by atoms with Crippen LogP contribution in [0.5, 0.6) is 0 Å². The summed E-state index contributed by atoms with van der Waals surface area (Å²) in [5.74, 6) is -2.42. The van der Waals surface area contributed by atoms with Gasteiger partial charge in [0.25, 0.3) is 11.8 Å². The molecule has 0 saturated carbocycles. The molecule has 1 aromatic carbocycles. The number of aliphatic hydroxyl groups excluding tert-OH is 1. The highest BCUT2D eigenvalue weighted by atomic mass is 19.3. The minimum Gasteiger partial charge on any atom is -0.389 e. The van der Waals surface area contributed by atoms with Crippen LogP contribution in [0.15, 0.2) is 42.7 Å². The van der Waals surface area contributed by atoms with Crippen molar-refractivity contribution in [3.63, 3.8) is 0 Å². The topological polar surface area (TPSA) is 118 Å². The SMILES string of the molecule is O=C(NC[C@H](O)CN(O)c1ccc(N2CCON(C(=O)Cc3ccncc3)CC2)c(F)c1)C(F)F. The van der Waals surface area contributed by atoms with E-state index in [2.05, 4.69) is 4.98 Å². The van der Waals surface area contributed by atoms with Gasteiger partial charge in [0.15, 0.2) is 0 Å². The molecule has 0 bridgehead atoms. The second-order valence-corrected chi connectivity index (χ2v) is 7.77. The number of pyridine rings is 1. The molecule has 2 heterocycles. The lowest BCUT2D eigenvalue weighted by Crippen LogP contribution is -2.41. The average Bonchev–Trinajstić information content (AvgIpc) is 3.09. The quantitative estimate of drug-likeness (QED) is 0.439. The Morgan fingerprint density at radius 1 is 1.17 bits per heavy atom. The highest BCUT2D eigenvalue weighted by Gasteiger charge is 2.23. The smallest absolute Gasteiger partial charge is 0.315 e. The van der Waals surface area contributed by atoms with Crippen LogP contribution in [0.25, 0.3) is 0 Å². The average molecular weight is 497 g/mol. The minimum atomic E-state index is -3.22. The summed E-state index contributed by atoms with van der Waals surface area (Å²) in [6.07, 6.45) is -1.25. The summed E-state index contributed by atoms with van der Waals surface area (Å²) in [6.45, 7) is 0.0451. The molecule has 0 unspecified atom stereocenters. The first kappa shape index (κ1) is 26.2. The van der Waals surface area contributed by atoms with Crippen molar-refractivity contribution in [2.24, 2.45) is 0 Å². The van der Waals surface area contributed by atoms with E-state index in [9.17, 15) is 33.1 Å². The molecule has 0 spiro atoms. The van der Waals surface area contributed by atoms with Gasteiger partial charge < -0.3 is 15.3 Å². The standard InChI is InChI=1S/C22H26F3N5O5/c23-18-12-16(29(34)14-17(31)13-27-22(33)21(24)25)1-2-19(18)28-7-8-30(35-10-9-28)20(32)11-15-3-5-26-6-4-15/h1-6,12,17,21,31,34H,7-11,13-14H2,(H,27,33)/t17-/m0/s1. The van der Waals surface area contributed by atoms with Gasteiger partial charge in [0, 0.05) is 38.1 Å². The number of carbonyl (C=O) groups excluding carboxylic acids is 2. The molecule has 1 aromatic heterocycles. The lowest BCUT2D eigenvalue weighted by Gasteiger charge is -2.25. The van der Waals surface area contributed by atoms with Crippen LogP contribution in [0.3, 0.4) is 0 Å². The summed E-state index contributed by atoms with van der Waals surface area (Å²) >= 11 is 0. The van der Waals surface area contributed by atoms with Gasteiger partial charge in [0.2, 0.25) is 0 Å². The molecule has 1 aliphatic rings. The molecule has 1 aliphatic heterocycles. The number of carbonyl (C=O) groups is 2. The number of hydrogen-bond acceptors (Lipinski definition) is 8. The zero-order valence-corrected chi connectivity index (χ0v) is 18.7. The highest BCUT2D eigenvalue weighted by molar-refractivity contribution is 5.79. The van der Waals surface area contributed by atoms with Crippen LogP contribution in [0.1, 0.15) is 5.56 Å². The lowest BCUT2D eigenvalue weighted by atomic mass is 10.2. The van der Waals surface area contributed by atoms with Crippen molar-refractivity contribution in [1.82, 2.24) is 15.4 Å². The Labute approximate surface area is 199 Å². The molecule has 10 nitrogen and oxygen atoms in total. The summed E-state index contributed by atoms with van der Waals surface area (Å²) in [6, 6.07) is 7.38. The van der Waals surface area contributed by atoms with Crippen LogP contribution in [0, 0.1) is 5.82 Å². The van der Waals surface area contributed by atoms with Crippen LogP contribution in [-0.4, -0.2) is 84.0 Å². The lowest BCUT2D eigenvalue weighted by molar-refractivity contribution is -0.181. The Morgan fingerprint density at radius 3 is 2.60 bits per heavy atom. The van der Waals surface area contributed by atoms with E-state index in [0.29, 0.717) is 18.2 Å². The Hall–Kier alpha value is -3.42. The van der Waals surface area contributed by atoms with Gasteiger partial charge in [-0.25, -0.2) is 9.45 Å². The Kier molecular flexibility index (Phi) is 9.23. The predicted octanol–water partition coefficient (Wildman–Crippen LogP) is 0.981. The van der Waals surface area contributed by atoms with E-state index < -0.39 is 37.3 Å². The fourth-order valence-corrected chi connectivity index (χ4v) is 3.43. The Bertz CT molecular complexity index is 1000. The van der Waals surface area contributed by atoms with Gasteiger partial charge in [0.05, 0.1) is 43.6 Å². The molecule has 2 amide bonds. The molecular weight excluding hydrogens is 471 g/mol. The van der Waals surface area contributed by atoms with Gasteiger partial charge in [0.1, 0.15) is 5.82 Å². The van der Waals surface area contributed by atoms with Crippen molar-refractivity contribution in [1.29, 1.82) is 0 Å². The maximum atomic E-state index is 14.8. The van der Waals surface area contributed by atoms with Gasteiger partial charge in [-0.3, -0.25) is 29.7 Å². The summed E-state index contributed by atoms with van der Waals surface area (Å²) < 4.78 is 39.2. The Balaban J connectivity index is 1.55. The molecule has 2 aromatic rings. The molecular formula is C22H26F3N5O5. The van der Waals surface area contributed by atoms with Crippen molar-refractivity contribution >= 4 is 23.2 Å². The molecule has 1 fully saturated rings. The number of anilines is 2. The number of benzene rings is 1. The van der Waals surface area contributed by atoms with Gasteiger partial charge >= 0.3 is 6.43 Å². The van der Waals surface area contributed by atoms with Crippen molar-refractivity contribution in [3.05, 3.63) is 54.1 Å². The maximum Gasteiger partial charge on any atom is 0.315 e. The van der Waals surface area contributed by atoms with Crippen molar-refractivity contribution in [3.8, 4) is 0 Å². The van der Waals surface area contributed by atoms with Crippen molar-refractivity contribution < 1.29 is 37.9 Å². The molecule has 3 N–H and O–H groups in total. The van der Waals surface area contributed by atoms with Crippen LogP contribution in [-0.2, 0) is 20.8 Å². The second-order valence-electron chi connectivity index (χ2n) is 7.77. The van der Waals surface area contributed by atoms with E-state index in [1.54, 1.807) is 29.4 Å². The van der Waals surface area contributed by atoms with Crippen molar-refractivity contribution in [2.45, 2.75) is 19.0 Å². The zero-order chi connectivity index (χ0) is 25.4. The summed E-state index contributed by atoms with van der Waals surface area (Å²) in [5, 5.41) is 23.6. The molecule has 13 heteroatoms. The van der Waals surface area contributed by atoms with Crippen LogP contribution in [0.2, 0.25) is 0 Å². The molecule has 190 valence electrons. The molecule has 3 rings (SSSR count). The van der Waals surface area contributed by atoms with E-state index in [0.717, 1.165) is 11.6 Å². The summed E-state index contributed by atoms with van der Waals surface area (Å²) in [7, 11) is 0. The monoisotopic (exact) mass is 497 g/mol. The predicted molar refractivity (Wildman–Crippen MR) is 118 cm³/mol. The van der Waals surface area contributed by atoms with Gasteiger partial charge in [-0.05, 0) is 29.8 Å². The number of hydrogen-bond donors (Lipinski definition) is 3. The summed E-state index contributed by atoms with van der Waals surface area (Å²) in [5.41, 5.74) is 1.05. The number of aliphatic hydroxyl groups is 1. The van der Waals surface area contributed by atoms with E-state index in [-0.39, 0.29) is 36.9 Å². The molecule has 35 heavy (non-hydrogen) atoms. The fraction of sp³-hybridized carbons (Fsp3) is 0.409. The number of halogens is 3. The number of aromatic nitrogens is 1. The largest absolute Gasteiger partial charge is 0.389 e. The number of nitrogens with zero attached hydrogens (tertiary/aromatic N) is 4. The first-order chi connectivity index (χ1) is 16.7. The van der Waals surface area contributed by atoms with Gasteiger partial charge in [-0.15, -0.1) is 0 Å². The fourth-order valence-electron chi connectivity index (χ4n) is 3.43. The number of amides is 2. The number of alkyl halides is 2. The molecule has 1 saturated heterocycles. The molecule has 0 aliphatic carbocycles. The maximum absolute atomic E-state index is 14.8. The number of rotatable bonds is 9. The number of hydroxylamine groups is 3. The Morgan fingerprint density at radius 2 is 1.91 bits per heavy atom. The second kappa shape index (κ2) is 12.3. The van der Waals surface area contributed by atoms with Crippen molar-refractivity contribution in [2.75, 3.05) is 49.3 Å². The van der Waals surface area contributed by atoms with Crippen LogP contribution < -0.4 is 15.3 Å². The summed E-state index contributed by atoms with van der Waals surface area (Å²) in [4.78, 5) is 34.6. The third kappa shape index (κ3) is 7.53. The number of nitrogens with one attached hydrogen (secondary N) is 1. The molecule has 1 atom stereocenters. The first-order valence-corrected chi connectivity index (χ1v) is 10.8. The van der Waals surface area contributed by atoms with E-state index in [1.807, 2.05) is 5.32 Å². The van der Waals surface area contributed by atoms with Crippen LogP contribution >= 0.6 is 0 Å².